The van der Waals surface area contributed by atoms with E-state index in [4.69, 9.17) is 21.1 Å². The summed E-state index contributed by atoms with van der Waals surface area (Å²) in [5, 5.41) is 8.06. The number of carbonyl (C=O) groups excluding carboxylic acids is 1. The molecular formula is C30H36ClN5O2. The summed E-state index contributed by atoms with van der Waals surface area (Å²) in [5.41, 5.74) is 5.51. The predicted octanol–water partition coefficient (Wildman–Crippen LogP) is 4.84. The van der Waals surface area contributed by atoms with Gasteiger partial charge in [-0.25, -0.2) is 0 Å². The van der Waals surface area contributed by atoms with E-state index >= 15 is 0 Å². The molecule has 0 bridgehead atoms. The van der Waals surface area contributed by atoms with Gasteiger partial charge in [0.15, 0.2) is 5.76 Å². The second-order valence-electron chi connectivity index (χ2n) is 10.5. The van der Waals surface area contributed by atoms with Crippen LogP contribution in [-0.2, 0) is 4.79 Å². The minimum Gasteiger partial charge on any atom is -0.358 e. The zero-order chi connectivity index (χ0) is 26.6. The van der Waals surface area contributed by atoms with E-state index < -0.39 is 6.04 Å². The van der Waals surface area contributed by atoms with Crippen molar-refractivity contribution < 1.29 is 9.32 Å². The molecule has 1 N–H and O–H groups in total. The summed E-state index contributed by atoms with van der Waals surface area (Å²) in [7, 11) is 2.16. The molecule has 1 amide bonds. The van der Waals surface area contributed by atoms with Crippen LogP contribution < -0.4 is 5.32 Å². The van der Waals surface area contributed by atoms with Crippen molar-refractivity contribution in [2.45, 2.75) is 32.7 Å². The Kier molecular flexibility index (Phi) is 8.27. The summed E-state index contributed by atoms with van der Waals surface area (Å²) < 4.78 is 5.85. The van der Waals surface area contributed by atoms with Crippen molar-refractivity contribution in [1.29, 1.82) is 0 Å². The van der Waals surface area contributed by atoms with Crippen LogP contribution in [0.15, 0.2) is 63.7 Å². The minimum absolute atomic E-state index is 0.0376. The summed E-state index contributed by atoms with van der Waals surface area (Å²) in [6, 6.07) is 7.21. The van der Waals surface area contributed by atoms with Crippen LogP contribution in [0, 0.1) is 12.8 Å². The minimum atomic E-state index is -0.486. The van der Waals surface area contributed by atoms with E-state index in [0.29, 0.717) is 17.3 Å². The molecule has 2 aromatic rings. The number of halogens is 1. The average molecular weight is 534 g/mol. The van der Waals surface area contributed by atoms with Crippen molar-refractivity contribution in [3.05, 3.63) is 81.7 Å². The lowest BCUT2D eigenvalue weighted by Gasteiger charge is -2.32. The molecule has 1 aromatic carbocycles. The first kappa shape index (κ1) is 26.6. The van der Waals surface area contributed by atoms with Gasteiger partial charge in [0, 0.05) is 48.9 Å². The molecule has 0 spiro atoms. The molecule has 3 aliphatic rings. The van der Waals surface area contributed by atoms with Gasteiger partial charge in [0.2, 0.25) is 5.91 Å². The Bertz CT molecular complexity index is 1280. The van der Waals surface area contributed by atoms with Crippen molar-refractivity contribution in [1.82, 2.24) is 20.3 Å². The Labute approximate surface area is 229 Å². The van der Waals surface area contributed by atoms with E-state index in [-0.39, 0.29) is 18.2 Å². The molecule has 38 heavy (non-hydrogen) atoms. The van der Waals surface area contributed by atoms with Crippen LogP contribution in [0.3, 0.4) is 0 Å². The summed E-state index contributed by atoms with van der Waals surface area (Å²) in [6.07, 6.45) is 9.72. The SMILES string of the molecule is Cc1noc2c1C1=C(C=CC(C)C=C1)C(c1ccc(Cl)cc1)=N[C@H]2CC(=O)NCCCN1CCN(C)CC1. The van der Waals surface area contributed by atoms with Gasteiger partial charge >= 0.3 is 0 Å². The number of rotatable bonds is 7. The lowest BCUT2D eigenvalue weighted by molar-refractivity contribution is -0.121. The number of piperazine rings is 1. The van der Waals surface area contributed by atoms with Gasteiger partial charge in [-0.15, -0.1) is 0 Å². The van der Waals surface area contributed by atoms with Crippen LogP contribution in [0.1, 0.15) is 48.4 Å². The number of nitrogens with one attached hydrogen (secondary N) is 1. The number of fused-ring (bicyclic) bond motifs is 2. The van der Waals surface area contributed by atoms with Crippen LogP contribution in [0.5, 0.6) is 0 Å². The van der Waals surface area contributed by atoms with Gasteiger partial charge in [-0.05, 0) is 50.6 Å². The maximum absolute atomic E-state index is 13.1. The first-order chi connectivity index (χ1) is 18.4. The quantitative estimate of drug-likeness (QED) is 0.515. The van der Waals surface area contributed by atoms with Crippen LogP contribution in [0.2, 0.25) is 5.02 Å². The number of likely N-dealkylation sites (N-methyl/N-ethyl adjacent to an activating group) is 1. The zero-order valence-electron chi connectivity index (χ0n) is 22.4. The Morgan fingerprint density at radius 1 is 1.11 bits per heavy atom. The molecule has 1 fully saturated rings. The third kappa shape index (κ3) is 6.01. The number of carbonyl (C=O) groups is 1. The Morgan fingerprint density at radius 2 is 1.82 bits per heavy atom. The largest absolute Gasteiger partial charge is 0.358 e. The number of hydrogen-bond donors (Lipinski definition) is 1. The number of hydrogen-bond acceptors (Lipinski definition) is 6. The van der Waals surface area contributed by atoms with Gasteiger partial charge in [-0.3, -0.25) is 9.79 Å². The number of aryl methyl sites for hydroxylation is 1. The number of benzene rings is 1. The normalized spacial score (nSPS) is 21.9. The molecule has 1 aliphatic carbocycles. The predicted molar refractivity (Wildman–Crippen MR) is 153 cm³/mol. The number of aromatic nitrogens is 1. The van der Waals surface area contributed by atoms with Crippen molar-refractivity contribution in [3.8, 4) is 0 Å². The van der Waals surface area contributed by atoms with Gasteiger partial charge in [0.1, 0.15) is 6.04 Å². The zero-order valence-corrected chi connectivity index (χ0v) is 23.2. The van der Waals surface area contributed by atoms with Crippen molar-refractivity contribution >= 4 is 28.8 Å². The maximum Gasteiger partial charge on any atom is 0.222 e. The van der Waals surface area contributed by atoms with E-state index in [0.717, 1.165) is 72.8 Å². The second-order valence-corrected chi connectivity index (χ2v) is 10.9. The topological polar surface area (TPSA) is 74.0 Å². The summed E-state index contributed by atoms with van der Waals surface area (Å²) >= 11 is 6.20. The average Bonchev–Trinajstić information content (AvgIpc) is 3.10. The highest BCUT2D eigenvalue weighted by Gasteiger charge is 2.32. The van der Waals surface area contributed by atoms with E-state index in [9.17, 15) is 4.79 Å². The van der Waals surface area contributed by atoms with Crippen LogP contribution >= 0.6 is 11.6 Å². The first-order valence-corrected chi connectivity index (χ1v) is 13.9. The lowest BCUT2D eigenvalue weighted by atomic mass is 9.93. The van der Waals surface area contributed by atoms with Gasteiger partial charge in [-0.1, -0.05) is 60.1 Å². The highest BCUT2D eigenvalue weighted by molar-refractivity contribution is 6.31. The highest BCUT2D eigenvalue weighted by Crippen LogP contribution is 2.40. The van der Waals surface area contributed by atoms with Crippen LogP contribution in [0.25, 0.3) is 5.57 Å². The maximum atomic E-state index is 13.1. The number of aliphatic imine (C=N–C) groups is 1. The van der Waals surface area contributed by atoms with Crippen LogP contribution in [0.4, 0.5) is 0 Å². The molecule has 8 heteroatoms. The van der Waals surface area contributed by atoms with Gasteiger partial charge in [0.05, 0.1) is 23.4 Å². The molecule has 2 aliphatic heterocycles. The fourth-order valence-corrected chi connectivity index (χ4v) is 5.34. The molecule has 0 saturated carbocycles. The Balaban J connectivity index is 1.38. The molecule has 1 saturated heterocycles. The van der Waals surface area contributed by atoms with E-state index in [1.54, 1.807) is 0 Å². The standard InChI is InChI=1S/C30H36ClN5O2/c1-20-5-11-24-25(12-6-20)29(22-7-9-23(31)10-8-22)33-26(30-28(24)21(2)34-38-30)19-27(37)32-13-4-14-36-17-15-35(3)16-18-36/h5-12,20,26H,4,13-19H2,1-3H3,(H,32,37)/t20?,26-/m0/s1. The molecule has 3 heterocycles. The second kappa shape index (κ2) is 11.8. The molecule has 0 radical (unpaired) electrons. The van der Waals surface area contributed by atoms with Crippen LogP contribution in [-0.4, -0.2) is 72.9 Å². The first-order valence-electron chi connectivity index (χ1n) is 13.5. The summed E-state index contributed by atoms with van der Waals surface area (Å²) in [6.45, 7) is 10.1. The molecule has 1 aromatic heterocycles. The molecule has 2 atom stereocenters. The molecule has 1 unspecified atom stereocenters. The highest BCUT2D eigenvalue weighted by atomic mass is 35.5. The van der Waals surface area contributed by atoms with Crippen molar-refractivity contribution in [2.24, 2.45) is 10.9 Å². The summed E-state index contributed by atoms with van der Waals surface area (Å²) in [5.74, 6) is 0.882. The third-order valence-corrected chi connectivity index (χ3v) is 7.74. The fraction of sp³-hybridized carbons (Fsp3) is 0.433. The van der Waals surface area contributed by atoms with Gasteiger partial charge < -0.3 is 19.6 Å². The smallest absolute Gasteiger partial charge is 0.222 e. The monoisotopic (exact) mass is 533 g/mol. The number of amides is 1. The third-order valence-electron chi connectivity index (χ3n) is 7.49. The molecular weight excluding hydrogens is 498 g/mol. The fourth-order valence-electron chi connectivity index (χ4n) is 5.22. The molecule has 200 valence electrons. The Hall–Kier alpha value is -3.00. The van der Waals surface area contributed by atoms with E-state index in [1.807, 2.05) is 31.2 Å². The summed E-state index contributed by atoms with van der Waals surface area (Å²) in [4.78, 5) is 23.1. The lowest BCUT2D eigenvalue weighted by Crippen LogP contribution is -2.45. The van der Waals surface area contributed by atoms with Gasteiger partial charge in [-0.2, -0.15) is 0 Å². The number of allylic oxidation sites excluding steroid dienone is 6. The molecule has 7 nitrogen and oxygen atoms in total. The van der Waals surface area contributed by atoms with Crippen molar-refractivity contribution in [2.75, 3.05) is 46.3 Å². The molecule has 5 rings (SSSR count). The van der Waals surface area contributed by atoms with E-state index in [2.05, 4.69) is 58.5 Å². The number of nitrogens with zero attached hydrogens (tertiary/aromatic N) is 4. The Morgan fingerprint density at radius 3 is 2.55 bits per heavy atom. The van der Waals surface area contributed by atoms with E-state index in [1.165, 1.54) is 0 Å². The van der Waals surface area contributed by atoms with Gasteiger partial charge in [0.25, 0.3) is 0 Å². The van der Waals surface area contributed by atoms with Crippen molar-refractivity contribution in [3.63, 3.8) is 0 Å².